The molecule has 1 aromatic carbocycles. The van der Waals surface area contributed by atoms with Crippen LogP contribution in [0.15, 0.2) is 35.1 Å². The topological polar surface area (TPSA) is 68.4 Å². The molecule has 1 aromatic heterocycles. The minimum Gasteiger partial charge on any atom is -0.491 e. The van der Waals surface area contributed by atoms with Crippen LogP contribution in [0.25, 0.3) is 0 Å². The number of aromatic amines is 1. The monoisotopic (exact) mass is 313 g/mol. The third kappa shape index (κ3) is 3.13. The highest BCUT2D eigenvalue weighted by atomic mass is 16.5. The maximum absolute atomic E-state index is 12.3. The molecule has 0 bridgehead atoms. The number of esters is 1. The Kier molecular flexibility index (Phi) is 3.94. The van der Waals surface area contributed by atoms with Gasteiger partial charge in [0.1, 0.15) is 11.5 Å². The van der Waals surface area contributed by atoms with E-state index in [9.17, 15) is 9.59 Å². The highest BCUT2D eigenvalue weighted by Crippen LogP contribution is 2.37. The van der Waals surface area contributed by atoms with E-state index in [2.05, 4.69) is 4.98 Å². The second kappa shape index (κ2) is 5.91. The van der Waals surface area contributed by atoms with Crippen molar-refractivity contribution in [3.8, 4) is 11.5 Å². The number of hydrogen-bond donors (Lipinski definition) is 1. The molecule has 1 aliphatic heterocycles. The lowest BCUT2D eigenvalue weighted by Crippen LogP contribution is -2.28. The summed E-state index contributed by atoms with van der Waals surface area (Å²) in [7, 11) is 0. The number of nitrogens with one attached hydrogen (secondary N) is 1. The van der Waals surface area contributed by atoms with E-state index in [0.29, 0.717) is 17.0 Å². The molecule has 2 heterocycles. The van der Waals surface area contributed by atoms with Gasteiger partial charge in [0.05, 0.1) is 18.1 Å². The van der Waals surface area contributed by atoms with Gasteiger partial charge >= 0.3 is 5.97 Å². The molecule has 1 N–H and O–H groups in total. The molecule has 0 aliphatic carbocycles. The van der Waals surface area contributed by atoms with Crippen LogP contribution >= 0.6 is 0 Å². The Hall–Kier alpha value is -2.56. The maximum atomic E-state index is 12.3. The Bertz CT molecular complexity index is 790. The summed E-state index contributed by atoms with van der Waals surface area (Å²) in [6.07, 6.45) is 0.251. The summed E-state index contributed by atoms with van der Waals surface area (Å²) in [6.45, 7) is 5.68. The molecule has 1 aliphatic rings. The first-order valence-electron chi connectivity index (χ1n) is 7.65. The average Bonchev–Trinajstić information content (AvgIpc) is 2.45. The zero-order valence-corrected chi connectivity index (χ0v) is 13.4. The number of rotatable bonds is 3. The minimum atomic E-state index is -0.324. The Morgan fingerprint density at radius 2 is 1.91 bits per heavy atom. The molecule has 1 atom stereocenters. The molecule has 0 spiro atoms. The molecule has 23 heavy (non-hydrogen) atoms. The molecule has 0 fully saturated rings. The number of hydrogen-bond acceptors (Lipinski definition) is 4. The first kappa shape index (κ1) is 15.3. The average molecular weight is 313 g/mol. The summed E-state index contributed by atoms with van der Waals surface area (Å²) in [5.74, 6) is 0.494. The number of aromatic nitrogens is 1. The second-order valence-electron chi connectivity index (χ2n) is 6.03. The normalized spacial score (nSPS) is 16.9. The molecule has 0 amide bonds. The predicted octanol–water partition coefficient (Wildman–Crippen LogP) is 2.91. The van der Waals surface area contributed by atoms with Crippen molar-refractivity contribution in [2.75, 3.05) is 0 Å². The lowest BCUT2D eigenvalue weighted by Gasteiger charge is -2.24. The van der Waals surface area contributed by atoms with Gasteiger partial charge in [-0.05, 0) is 38.5 Å². The Morgan fingerprint density at radius 1 is 1.22 bits per heavy atom. The molecule has 5 nitrogen and oxygen atoms in total. The van der Waals surface area contributed by atoms with Crippen molar-refractivity contribution in [1.29, 1.82) is 0 Å². The number of aryl methyl sites for hydroxylation is 1. The SMILES string of the molecule is Cc1cc2c(c(=O)[nH]1)[C@H](c1ccc(OC(C)C)cc1)CC(=O)O2. The predicted molar refractivity (Wildman–Crippen MR) is 86.1 cm³/mol. The van der Waals surface area contributed by atoms with Gasteiger partial charge in [0.2, 0.25) is 0 Å². The highest BCUT2D eigenvalue weighted by molar-refractivity contribution is 5.77. The molecular formula is C18H19NO4. The van der Waals surface area contributed by atoms with Gasteiger partial charge in [-0.3, -0.25) is 9.59 Å². The van der Waals surface area contributed by atoms with E-state index in [1.165, 1.54) is 0 Å². The van der Waals surface area contributed by atoms with Crippen molar-refractivity contribution >= 4 is 5.97 Å². The van der Waals surface area contributed by atoms with Crippen molar-refractivity contribution in [3.63, 3.8) is 0 Å². The molecule has 0 radical (unpaired) electrons. The van der Waals surface area contributed by atoms with Gasteiger partial charge in [0.25, 0.3) is 5.56 Å². The quantitative estimate of drug-likeness (QED) is 0.885. The second-order valence-corrected chi connectivity index (χ2v) is 6.03. The molecule has 0 saturated heterocycles. The van der Waals surface area contributed by atoms with E-state index in [4.69, 9.17) is 9.47 Å². The molecule has 2 aromatic rings. The first-order valence-corrected chi connectivity index (χ1v) is 7.65. The van der Waals surface area contributed by atoms with Gasteiger partial charge < -0.3 is 14.5 Å². The van der Waals surface area contributed by atoms with Crippen LogP contribution in [0.2, 0.25) is 0 Å². The fraction of sp³-hybridized carbons (Fsp3) is 0.333. The summed E-state index contributed by atoms with van der Waals surface area (Å²) >= 11 is 0. The number of H-pyrrole nitrogens is 1. The summed E-state index contributed by atoms with van der Waals surface area (Å²) in [5.41, 5.74) is 1.86. The number of benzene rings is 1. The van der Waals surface area contributed by atoms with Crippen molar-refractivity contribution < 1.29 is 14.3 Å². The molecule has 0 saturated carbocycles. The minimum absolute atomic E-state index is 0.0945. The molecule has 120 valence electrons. The fourth-order valence-electron chi connectivity index (χ4n) is 2.85. The number of pyridine rings is 1. The van der Waals surface area contributed by atoms with Crippen LogP contribution in [0.3, 0.4) is 0 Å². The van der Waals surface area contributed by atoms with Gasteiger partial charge in [-0.1, -0.05) is 12.1 Å². The van der Waals surface area contributed by atoms with E-state index < -0.39 is 0 Å². The van der Waals surface area contributed by atoms with Gasteiger partial charge in [-0.2, -0.15) is 0 Å². The van der Waals surface area contributed by atoms with Crippen molar-refractivity contribution in [3.05, 3.63) is 57.5 Å². The van der Waals surface area contributed by atoms with Gasteiger partial charge in [0, 0.05) is 17.7 Å². The van der Waals surface area contributed by atoms with E-state index in [1.54, 1.807) is 13.0 Å². The third-order valence-corrected chi connectivity index (χ3v) is 3.77. The lowest BCUT2D eigenvalue weighted by atomic mass is 9.87. The zero-order chi connectivity index (χ0) is 16.6. The fourth-order valence-corrected chi connectivity index (χ4v) is 2.85. The van der Waals surface area contributed by atoms with E-state index >= 15 is 0 Å². The largest absolute Gasteiger partial charge is 0.491 e. The van der Waals surface area contributed by atoms with Crippen LogP contribution in [0.4, 0.5) is 0 Å². The summed E-state index contributed by atoms with van der Waals surface area (Å²) < 4.78 is 10.9. The summed E-state index contributed by atoms with van der Waals surface area (Å²) in [6, 6.07) is 9.19. The van der Waals surface area contributed by atoms with Crippen LogP contribution in [0.5, 0.6) is 11.5 Å². The van der Waals surface area contributed by atoms with Crippen LogP contribution in [0, 0.1) is 6.92 Å². The smallest absolute Gasteiger partial charge is 0.312 e. The van der Waals surface area contributed by atoms with Gasteiger partial charge in [-0.15, -0.1) is 0 Å². The third-order valence-electron chi connectivity index (χ3n) is 3.77. The molecule has 3 rings (SSSR count). The maximum Gasteiger partial charge on any atom is 0.312 e. The summed E-state index contributed by atoms with van der Waals surface area (Å²) in [4.78, 5) is 27.0. The van der Waals surface area contributed by atoms with Crippen molar-refractivity contribution in [2.45, 2.75) is 39.2 Å². The van der Waals surface area contributed by atoms with Crippen LogP contribution in [0.1, 0.15) is 43.0 Å². The van der Waals surface area contributed by atoms with Crippen LogP contribution in [-0.2, 0) is 4.79 Å². The van der Waals surface area contributed by atoms with E-state index in [1.807, 2.05) is 38.1 Å². The number of carbonyl (C=O) groups is 1. The highest BCUT2D eigenvalue weighted by Gasteiger charge is 2.31. The Labute approximate surface area is 134 Å². The van der Waals surface area contributed by atoms with Gasteiger partial charge in [0.15, 0.2) is 0 Å². The summed E-state index contributed by atoms with van der Waals surface area (Å²) in [5, 5.41) is 0. The lowest BCUT2D eigenvalue weighted by molar-refractivity contribution is -0.135. The Balaban J connectivity index is 2.01. The van der Waals surface area contributed by atoms with Crippen LogP contribution in [-0.4, -0.2) is 17.1 Å². The van der Waals surface area contributed by atoms with Crippen molar-refractivity contribution in [1.82, 2.24) is 4.98 Å². The number of fused-ring (bicyclic) bond motifs is 1. The number of ether oxygens (including phenoxy) is 2. The van der Waals surface area contributed by atoms with E-state index in [-0.39, 0.29) is 30.0 Å². The van der Waals surface area contributed by atoms with E-state index in [0.717, 1.165) is 11.3 Å². The molecular weight excluding hydrogens is 294 g/mol. The van der Waals surface area contributed by atoms with Crippen LogP contribution < -0.4 is 15.0 Å². The zero-order valence-electron chi connectivity index (χ0n) is 13.4. The Morgan fingerprint density at radius 3 is 2.57 bits per heavy atom. The first-order chi connectivity index (χ1) is 10.9. The standard InChI is InChI=1S/C18H19NO4/c1-10(2)22-13-6-4-12(5-7-13)14-9-16(20)23-15-8-11(3)19-18(21)17(14)15/h4-8,10,14H,9H2,1-3H3,(H,19,21)/t14-/m0/s1. The molecule has 0 unspecified atom stereocenters. The molecule has 5 heteroatoms. The van der Waals surface area contributed by atoms with Crippen molar-refractivity contribution in [2.24, 2.45) is 0 Å². The van der Waals surface area contributed by atoms with Gasteiger partial charge in [-0.25, -0.2) is 0 Å². The number of carbonyl (C=O) groups excluding carboxylic acids is 1.